The lowest BCUT2D eigenvalue weighted by Crippen LogP contribution is -2.47. The molecule has 0 spiro atoms. The molecule has 1 aliphatic carbocycles. The van der Waals surface area contributed by atoms with Crippen LogP contribution in [0.25, 0.3) is 0 Å². The summed E-state index contributed by atoms with van der Waals surface area (Å²) in [5.41, 5.74) is -0.690. The molecule has 0 bridgehead atoms. The zero-order chi connectivity index (χ0) is 7.35. The standard InChI is InChI=1S/C7H10NO2/c1-7(6(9)10)5-2-4(5)3-8-7/h4,8H,2-3H2,1H3,(H,9,10). The number of carbonyl (C=O) groups is 1. The number of nitrogens with one attached hydrogen (secondary N) is 1. The molecule has 1 saturated carbocycles. The molecule has 2 fully saturated rings. The van der Waals surface area contributed by atoms with E-state index in [0.29, 0.717) is 5.92 Å². The molecule has 1 radical (unpaired) electrons. The van der Waals surface area contributed by atoms with Gasteiger partial charge in [0, 0.05) is 5.92 Å². The lowest BCUT2D eigenvalue weighted by molar-refractivity contribution is -0.142. The van der Waals surface area contributed by atoms with Crippen molar-refractivity contribution < 1.29 is 9.90 Å². The Morgan fingerprint density at radius 2 is 2.60 bits per heavy atom. The van der Waals surface area contributed by atoms with Crippen LogP contribution in [0.1, 0.15) is 13.3 Å². The summed E-state index contributed by atoms with van der Waals surface area (Å²) in [5.74, 6) is 1.02. The summed E-state index contributed by atoms with van der Waals surface area (Å²) in [6.45, 7) is 2.61. The molecule has 3 heteroatoms. The lowest BCUT2D eigenvalue weighted by Gasteiger charge is -2.20. The fourth-order valence-corrected chi connectivity index (χ4v) is 1.67. The Hall–Kier alpha value is -0.570. The summed E-state index contributed by atoms with van der Waals surface area (Å²) in [6, 6.07) is 0. The average Bonchev–Trinajstić information content (AvgIpc) is 2.56. The summed E-state index contributed by atoms with van der Waals surface area (Å²) >= 11 is 0. The van der Waals surface area contributed by atoms with Crippen LogP contribution in [0.5, 0.6) is 0 Å². The molecule has 55 valence electrons. The summed E-state index contributed by atoms with van der Waals surface area (Å²) in [4.78, 5) is 10.7. The summed E-state index contributed by atoms with van der Waals surface area (Å²) < 4.78 is 0. The van der Waals surface area contributed by atoms with Gasteiger partial charge in [-0.15, -0.1) is 0 Å². The third kappa shape index (κ3) is 0.560. The SMILES string of the molecule is CC1(C(=O)O)NCC2C[C]21. The Kier molecular flexibility index (Phi) is 0.944. The Morgan fingerprint density at radius 1 is 1.90 bits per heavy atom. The number of hydrogen-bond donors (Lipinski definition) is 2. The fraction of sp³-hybridized carbons (Fsp3) is 0.714. The molecule has 2 rings (SSSR count). The van der Waals surface area contributed by atoms with E-state index in [1.807, 2.05) is 0 Å². The Morgan fingerprint density at radius 3 is 2.80 bits per heavy atom. The zero-order valence-electron chi connectivity index (χ0n) is 5.85. The number of hydrogen-bond acceptors (Lipinski definition) is 2. The minimum Gasteiger partial charge on any atom is -0.480 e. The second kappa shape index (κ2) is 1.53. The van der Waals surface area contributed by atoms with Crippen molar-refractivity contribution in [2.24, 2.45) is 5.92 Å². The summed E-state index contributed by atoms with van der Waals surface area (Å²) in [5, 5.41) is 11.8. The lowest BCUT2D eigenvalue weighted by atomic mass is 9.98. The highest BCUT2D eigenvalue weighted by atomic mass is 16.4. The number of carboxylic acid groups (broad SMARTS) is 1. The van der Waals surface area contributed by atoms with Crippen molar-refractivity contribution in [1.29, 1.82) is 0 Å². The smallest absolute Gasteiger partial charge is 0.324 e. The highest BCUT2D eigenvalue weighted by Crippen LogP contribution is 2.52. The maximum Gasteiger partial charge on any atom is 0.324 e. The molecule has 2 atom stereocenters. The minimum atomic E-state index is -0.734. The van der Waals surface area contributed by atoms with Crippen LogP contribution in [0.3, 0.4) is 0 Å². The van der Waals surface area contributed by atoms with Crippen molar-refractivity contribution in [3.8, 4) is 0 Å². The van der Waals surface area contributed by atoms with E-state index in [9.17, 15) is 4.79 Å². The van der Waals surface area contributed by atoms with E-state index < -0.39 is 11.5 Å². The minimum absolute atomic E-state index is 0.570. The van der Waals surface area contributed by atoms with Crippen LogP contribution in [-0.2, 0) is 4.79 Å². The predicted octanol–water partition coefficient (Wildman–Crippen LogP) is 0.0273. The van der Waals surface area contributed by atoms with Crippen LogP contribution < -0.4 is 5.32 Å². The highest BCUT2D eigenvalue weighted by Gasteiger charge is 2.59. The van der Waals surface area contributed by atoms with Crippen molar-refractivity contribution in [1.82, 2.24) is 5.32 Å². The van der Waals surface area contributed by atoms with Gasteiger partial charge in [0.25, 0.3) is 0 Å². The number of fused-ring (bicyclic) bond motifs is 1. The fourth-order valence-electron chi connectivity index (χ4n) is 1.67. The molecule has 10 heavy (non-hydrogen) atoms. The van der Waals surface area contributed by atoms with Gasteiger partial charge in [-0.1, -0.05) is 0 Å². The first-order valence-electron chi connectivity index (χ1n) is 3.49. The number of aliphatic carboxylic acids is 1. The van der Waals surface area contributed by atoms with Gasteiger partial charge in [0.2, 0.25) is 0 Å². The summed E-state index contributed by atoms with van der Waals surface area (Å²) in [7, 11) is 0. The van der Waals surface area contributed by atoms with Gasteiger partial charge in [-0.3, -0.25) is 4.79 Å². The van der Waals surface area contributed by atoms with Crippen LogP contribution in [0.15, 0.2) is 0 Å². The third-order valence-corrected chi connectivity index (χ3v) is 2.57. The van der Waals surface area contributed by atoms with Gasteiger partial charge >= 0.3 is 5.97 Å². The molecule has 1 aliphatic heterocycles. The maximum absolute atomic E-state index is 10.7. The van der Waals surface area contributed by atoms with E-state index >= 15 is 0 Å². The molecule has 2 N–H and O–H groups in total. The molecule has 2 aliphatic rings. The predicted molar refractivity (Wildman–Crippen MR) is 35.4 cm³/mol. The van der Waals surface area contributed by atoms with Gasteiger partial charge in [0.1, 0.15) is 5.54 Å². The van der Waals surface area contributed by atoms with Crippen molar-refractivity contribution in [2.75, 3.05) is 6.54 Å². The molecule has 1 heterocycles. The van der Waals surface area contributed by atoms with Crippen molar-refractivity contribution >= 4 is 5.97 Å². The monoisotopic (exact) mass is 140 g/mol. The van der Waals surface area contributed by atoms with Crippen molar-refractivity contribution in [3.63, 3.8) is 0 Å². The van der Waals surface area contributed by atoms with Gasteiger partial charge in [0.05, 0.1) is 0 Å². The van der Waals surface area contributed by atoms with E-state index in [-0.39, 0.29) is 0 Å². The number of rotatable bonds is 1. The van der Waals surface area contributed by atoms with Crippen LogP contribution in [0.4, 0.5) is 0 Å². The highest BCUT2D eigenvalue weighted by molar-refractivity contribution is 5.84. The second-order valence-electron chi connectivity index (χ2n) is 3.24. The van der Waals surface area contributed by atoms with E-state index in [1.165, 1.54) is 5.92 Å². The number of carboxylic acids is 1. The van der Waals surface area contributed by atoms with E-state index in [2.05, 4.69) is 5.32 Å². The maximum atomic E-state index is 10.7. The Labute approximate surface area is 59.4 Å². The molecule has 0 amide bonds. The Balaban J connectivity index is 2.21. The molecule has 0 aromatic carbocycles. The molecule has 0 aromatic heterocycles. The van der Waals surface area contributed by atoms with Crippen molar-refractivity contribution in [3.05, 3.63) is 5.92 Å². The normalized spacial score (nSPS) is 45.1. The van der Waals surface area contributed by atoms with E-state index in [1.54, 1.807) is 6.92 Å². The van der Waals surface area contributed by atoms with E-state index in [4.69, 9.17) is 5.11 Å². The Bertz CT molecular complexity index is 192. The first kappa shape index (κ1) is 6.16. The molecule has 1 saturated heterocycles. The molecular formula is C7H10NO2. The van der Waals surface area contributed by atoms with Crippen LogP contribution in [-0.4, -0.2) is 23.2 Å². The molecular weight excluding hydrogens is 130 g/mol. The van der Waals surface area contributed by atoms with Gasteiger partial charge in [-0.05, 0) is 25.8 Å². The molecule has 3 nitrogen and oxygen atoms in total. The van der Waals surface area contributed by atoms with Crippen LogP contribution >= 0.6 is 0 Å². The topological polar surface area (TPSA) is 49.3 Å². The van der Waals surface area contributed by atoms with Gasteiger partial charge < -0.3 is 10.4 Å². The van der Waals surface area contributed by atoms with E-state index in [0.717, 1.165) is 13.0 Å². The summed E-state index contributed by atoms with van der Waals surface area (Å²) in [6.07, 6.45) is 1.02. The first-order valence-corrected chi connectivity index (χ1v) is 3.49. The van der Waals surface area contributed by atoms with Crippen LogP contribution in [0, 0.1) is 11.8 Å². The molecule has 2 unspecified atom stereocenters. The second-order valence-corrected chi connectivity index (χ2v) is 3.24. The largest absolute Gasteiger partial charge is 0.480 e. The third-order valence-electron chi connectivity index (χ3n) is 2.57. The molecule has 0 aromatic rings. The van der Waals surface area contributed by atoms with Gasteiger partial charge in [-0.25, -0.2) is 0 Å². The zero-order valence-corrected chi connectivity index (χ0v) is 5.85. The first-order chi connectivity index (χ1) is 4.64. The van der Waals surface area contributed by atoms with Crippen LogP contribution in [0.2, 0.25) is 0 Å². The van der Waals surface area contributed by atoms with Crippen molar-refractivity contribution in [2.45, 2.75) is 18.9 Å². The average molecular weight is 140 g/mol. The quantitative estimate of drug-likeness (QED) is 0.540. The van der Waals surface area contributed by atoms with Gasteiger partial charge in [0.15, 0.2) is 0 Å². The number of piperidine rings is 1. The van der Waals surface area contributed by atoms with Gasteiger partial charge in [-0.2, -0.15) is 0 Å².